The molecule has 0 unspecified atom stereocenters. The van der Waals surface area contributed by atoms with E-state index < -0.39 is 0 Å². The van der Waals surface area contributed by atoms with E-state index in [2.05, 4.69) is 15.2 Å². The van der Waals surface area contributed by atoms with E-state index in [0.717, 1.165) is 45.6 Å². The summed E-state index contributed by atoms with van der Waals surface area (Å²) in [5.41, 5.74) is 0.597. The normalized spacial score (nSPS) is 22.5. The van der Waals surface area contributed by atoms with E-state index in [1.54, 1.807) is 25.4 Å². The van der Waals surface area contributed by atoms with Gasteiger partial charge in [-0.1, -0.05) is 0 Å². The third kappa shape index (κ3) is 5.16. The maximum Gasteiger partial charge on any atom is 0.251 e. The number of nitrogens with one attached hydrogen (secondary N) is 1. The lowest BCUT2D eigenvalue weighted by Crippen LogP contribution is -2.45. The van der Waals surface area contributed by atoms with Crippen molar-refractivity contribution >= 4 is 5.91 Å². The first-order valence-corrected chi connectivity index (χ1v) is 9.36. The van der Waals surface area contributed by atoms with Gasteiger partial charge in [0.2, 0.25) is 5.88 Å². The zero-order valence-electron chi connectivity index (χ0n) is 15.1. The van der Waals surface area contributed by atoms with E-state index in [9.17, 15) is 4.79 Å². The highest BCUT2D eigenvalue weighted by molar-refractivity contribution is 5.94. The Labute approximate surface area is 149 Å². The molecule has 0 saturated carbocycles. The molecule has 1 atom stereocenters. The summed E-state index contributed by atoms with van der Waals surface area (Å²) in [6.45, 7) is 4.89. The fraction of sp³-hybridized carbons (Fsp3) is 0.684. The molecule has 6 heteroatoms. The number of nitrogens with zero attached hydrogens (tertiary/aromatic N) is 2. The molecule has 1 aromatic heterocycles. The van der Waals surface area contributed by atoms with Crippen LogP contribution in [0.5, 0.6) is 5.88 Å². The number of pyridine rings is 1. The second-order valence-electron chi connectivity index (χ2n) is 6.98. The van der Waals surface area contributed by atoms with Gasteiger partial charge < -0.3 is 14.8 Å². The van der Waals surface area contributed by atoms with Gasteiger partial charge in [0.1, 0.15) is 0 Å². The Morgan fingerprint density at radius 1 is 1.40 bits per heavy atom. The number of carbonyl (C=O) groups excluding carboxylic acids is 1. The van der Waals surface area contributed by atoms with Crippen LogP contribution in [0.15, 0.2) is 18.3 Å². The molecule has 3 heterocycles. The third-order valence-electron chi connectivity index (χ3n) is 5.30. The number of rotatable bonds is 6. The van der Waals surface area contributed by atoms with E-state index in [1.807, 2.05) is 0 Å². The van der Waals surface area contributed by atoms with E-state index in [-0.39, 0.29) is 5.91 Å². The fourth-order valence-corrected chi connectivity index (χ4v) is 3.87. The maximum atomic E-state index is 12.2. The SMILES string of the molecule is COc1cc(C(=O)NCC[C@H]2CCCN(C3CCOCC3)C2)ccn1. The van der Waals surface area contributed by atoms with Crippen LogP contribution in [0.1, 0.15) is 42.5 Å². The molecule has 0 bridgehead atoms. The molecule has 0 radical (unpaired) electrons. The predicted molar refractivity (Wildman–Crippen MR) is 95.9 cm³/mol. The minimum Gasteiger partial charge on any atom is -0.481 e. The average Bonchev–Trinajstić information content (AvgIpc) is 2.69. The Morgan fingerprint density at radius 3 is 3.04 bits per heavy atom. The van der Waals surface area contributed by atoms with Crippen LogP contribution < -0.4 is 10.1 Å². The van der Waals surface area contributed by atoms with Crippen molar-refractivity contribution in [2.75, 3.05) is 40.0 Å². The Morgan fingerprint density at radius 2 is 2.24 bits per heavy atom. The first-order valence-electron chi connectivity index (χ1n) is 9.36. The standard InChI is InChI=1S/C19H29N3O3/c1-24-18-13-16(5-9-20-18)19(23)21-8-4-15-3-2-10-22(14-15)17-6-11-25-12-7-17/h5,9,13,15,17H,2-4,6-8,10-12,14H2,1H3,(H,21,23)/t15-/m1/s1. The van der Waals surface area contributed by atoms with Crippen LogP contribution in [0.3, 0.4) is 0 Å². The number of hydrogen-bond donors (Lipinski definition) is 1. The third-order valence-corrected chi connectivity index (χ3v) is 5.30. The van der Waals surface area contributed by atoms with Crippen molar-refractivity contribution in [1.82, 2.24) is 15.2 Å². The van der Waals surface area contributed by atoms with Crippen molar-refractivity contribution in [3.8, 4) is 5.88 Å². The molecule has 2 aliphatic heterocycles. The van der Waals surface area contributed by atoms with Gasteiger partial charge >= 0.3 is 0 Å². The fourth-order valence-electron chi connectivity index (χ4n) is 3.87. The van der Waals surface area contributed by atoms with E-state index >= 15 is 0 Å². The lowest BCUT2D eigenvalue weighted by Gasteiger charge is -2.40. The zero-order valence-corrected chi connectivity index (χ0v) is 15.1. The summed E-state index contributed by atoms with van der Waals surface area (Å²) in [6.07, 6.45) is 7.48. The summed E-state index contributed by atoms with van der Waals surface area (Å²) in [5, 5.41) is 3.03. The highest BCUT2D eigenvalue weighted by Gasteiger charge is 2.27. The second kappa shape index (κ2) is 9.15. The summed E-state index contributed by atoms with van der Waals surface area (Å²) >= 11 is 0. The van der Waals surface area contributed by atoms with Crippen LogP contribution >= 0.6 is 0 Å². The molecule has 25 heavy (non-hydrogen) atoms. The van der Waals surface area contributed by atoms with Crippen molar-refractivity contribution in [3.05, 3.63) is 23.9 Å². The van der Waals surface area contributed by atoms with Gasteiger partial charge in [-0.15, -0.1) is 0 Å². The van der Waals surface area contributed by atoms with Gasteiger partial charge in [-0.05, 0) is 50.6 Å². The summed E-state index contributed by atoms with van der Waals surface area (Å²) < 4.78 is 10.5. The summed E-state index contributed by atoms with van der Waals surface area (Å²) in [4.78, 5) is 18.9. The molecule has 6 nitrogen and oxygen atoms in total. The van der Waals surface area contributed by atoms with Crippen LogP contribution in [0, 0.1) is 5.92 Å². The zero-order chi connectivity index (χ0) is 17.5. The maximum absolute atomic E-state index is 12.2. The number of aromatic nitrogens is 1. The molecule has 0 aliphatic carbocycles. The molecule has 1 amide bonds. The molecule has 1 N–H and O–H groups in total. The molecule has 2 aliphatic rings. The largest absolute Gasteiger partial charge is 0.481 e. The van der Waals surface area contributed by atoms with Crippen molar-refractivity contribution < 1.29 is 14.3 Å². The molecule has 1 aromatic rings. The van der Waals surface area contributed by atoms with Crippen LogP contribution in [-0.2, 0) is 4.74 Å². The van der Waals surface area contributed by atoms with Crippen LogP contribution in [0.25, 0.3) is 0 Å². The topological polar surface area (TPSA) is 63.7 Å². The van der Waals surface area contributed by atoms with E-state index in [1.165, 1.54) is 19.4 Å². The number of carbonyl (C=O) groups is 1. The first kappa shape index (κ1) is 18.1. The smallest absolute Gasteiger partial charge is 0.251 e. The Kier molecular flexibility index (Phi) is 6.64. The van der Waals surface area contributed by atoms with Gasteiger partial charge in [0.15, 0.2) is 0 Å². The number of likely N-dealkylation sites (tertiary alicyclic amines) is 1. The van der Waals surface area contributed by atoms with Crippen molar-refractivity contribution in [2.24, 2.45) is 5.92 Å². The molecular weight excluding hydrogens is 318 g/mol. The van der Waals surface area contributed by atoms with Crippen molar-refractivity contribution in [2.45, 2.75) is 38.1 Å². The predicted octanol–water partition coefficient (Wildman–Crippen LogP) is 2.10. The Bertz CT molecular complexity index is 561. The molecule has 3 rings (SSSR count). The quantitative estimate of drug-likeness (QED) is 0.854. The monoisotopic (exact) mass is 347 g/mol. The summed E-state index contributed by atoms with van der Waals surface area (Å²) in [6, 6.07) is 4.07. The Hall–Kier alpha value is -1.66. The van der Waals surface area contributed by atoms with Crippen LogP contribution in [0.4, 0.5) is 0 Å². The van der Waals surface area contributed by atoms with Gasteiger partial charge in [-0.25, -0.2) is 4.98 Å². The van der Waals surface area contributed by atoms with Crippen LogP contribution in [-0.4, -0.2) is 61.8 Å². The van der Waals surface area contributed by atoms with Gasteiger partial charge in [0.25, 0.3) is 5.91 Å². The molecule has 138 valence electrons. The summed E-state index contributed by atoms with van der Waals surface area (Å²) in [7, 11) is 1.55. The van der Waals surface area contributed by atoms with Gasteiger partial charge in [0, 0.05) is 50.2 Å². The molecule has 2 fully saturated rings. The second-order valence-corrected chi connectivity index (χ2v) is 6.98. The van der Waals surface area contributed by atoms with Gasteiger partial charge in [0.05, 0.1) is 7.11 Å². The number of methoxy groups -OCH3 is 1. The molecular formula is C19H29N3O3. The number of amides is 1. The minimum absolute atomic E-state index is 0.0576. The number of hydrogen-bond acceptors (Lipinski definition) is 5. The van der Waals surface area contributed by atoms with Gasteiger partial charge in [-0.3, -0.25) is 9.69 Å². The highest BCUT2D eigenvalue weighted by atomic mass is 16.5. The number of ether oxygens (including phenoxy) is 2. The lowest BCUT2D eigenvalue weighted by atomic mass is 9.92. The van der Waals surface area contributed by atoms with Crippen LogP contribution in [0.2, 0.25) is 0 Å². The average molecular weight is 347 g/mol. The highest BCUT2D eigenvalue weighted by Crippen LogP contribution is 2.24. The van der Waals surface area contributed by atoms with Gasteiger partial charge in [-0.2, -0.15) is 0 Å². The number of piperidine rings is 1. The van der Waals surface area contributed by atoms with E-state index in [0.29, 0.717) is 23.4 Å². The van der Waals surface area contributed by atoms with Crippen molar-refractivity contribution in [3.63, 3.8) is 0 Å². The lowest BCUT2D eigenvalue weighted by molar-refractivity contribution is 0.0170. The molecule has 0 spiro atoms. The summed E-state index contributed by atoms with van der Waals surface area (Å²) in [5.74, 6) is 1.08. The molecule has 0 aromatic carbocycles. The minimum atomic E-state index is -0.0576. The Balaban J connectivity index is 1.42. The van der Waals surface area contributed by atoms with Crippen molar-refractivity contribution in [1.29, 1.82) is 0 Å². The first-order chi connectivity index (χ1) is 12.3. The van der Waals surface area contributed by atoms with E-state index in [4.69, 9.17) is 9.47 Å². The molecule has 2 saturated heterocycles.